The highest BCUT2D eigenvalue weighted by Gasteiger charge is 2.33. The molecule has 0 bridgehead atoms. The van der Waals surface area contributed by atoms with Gasteiger partial charge in [-0.1, -0.05) is 66.7 Å². The van der Waals surface area contributed by atoms with Crippen LogP contribution in [0.5, 0.6) is 11.5 Å². The van der Waals surface area contributed by atoms with Crippen LogP contribution in [-0.4, -0.2) is 55.7 Å². The van der Waals surface area contributed by atoms with Gasteiger partial charge in [-0.2, -0.15) is 0 Å². The van der Waals surface area contributed by atoms with Crippen molar-refractivity contribution in [2.24, 2.45) is 0 Å². The maximum Gasteiger partial charge on any atom is 0.127 e. The van der Waals surface area contributed by atoms with Crippen LogP contribution in [0.15, 0.2) is 78.9 Å². The fourth-order valence-electron chi connectivity index (χ4n) is 4.90. The summed E-state index contributed by atoms with van der Waals surface area (Å²) in [6.07, 6.45) is 0.122. The summed E-state index contributed by atoms with van der Waals surface area (Å²) in [5, 5.41) is 0. The van der Waals surface area contributed by atoms with E-state index in [9.17, 15) is 0 Å². The van der Waals surface area contributed by atoms with Crippen LogP contribution in [0.1, 0.15) is 36.5 Å². The first-order valence-corrected chi connectivity index (χ1v) is 11.9. The monoisotopic (exact) mass is 516 g/mol. The lowest BCUT2D eigenvalue weighted by molar-refractivity contribution is 0.0800. The van der Waals surface area contributed by atoms with E-state index in [0.29, 0.717) is 12.0 Å². The molecule has 0 radical (unpaired) electrons. The Morgan fingerprint density at radius 2 is 1.37 bits per heavy atom. The van der Waals surface area contributed by atoms with Gasteiger partial charge >= 0.3 is 0 Å². The number of piperazine rings is 1. The fourth-order valence-corrected chi connectivity index (χ4v) is 4.90. The van der Waals surface area contributed by atoms with Crippen molar-refractivity contribution in [1.82, 2.24) is 9.80 Å². The average molecular weight is 518 g/mol. The largest absolute Gasteiger partial charge is 0.496 e. The molecule has 1 aliphatic rings. The Bertz CT molecular complexity index is 978. The zero-order chi connectivity index (χ0) is 23.2. The number of benzene rings is 3. The number of nitrogens with zero attached hydrogens (tertiary/aromatic N) is 2. The second kappa shape index (κ2) is 13.7. The Kier molecular flexibility index (Phi) is 11.4. The van der Waals surface area contributed by atoms with Crippen molar-refractivity contribution in [2.45, 2.75) is 38.5 Å². The van der Waals surface area contributed by atoms with E-state index in [1.165, 1.54) is 11.1 Å². The maximum atomic E-state index is 6.15. The molecular weight excluding hydrogens is 479 g/mol. The van der Waals surface area contributed by atoms with Crippen LogP contribution in [0.3, 0.4) is 0 Å². The molecule has 0 aliphatic carbocycles. The number of likely N-dealkylation sites (N-methyl/N-ethyl adjacent to an activating group) is 1. The molecule has 0 saturated carbocycles. The highest BCUT2D eigenvalue weighted by atomic mass is 35.5. The fraction of sp³-hybridized carbons (Fsp3) is 0.379. The van der Waals surface area contributed by atoms with E-state index < -0.39 is 0 Å². The van der Waals surface area contributed by atoms with Gasteiger partial charge in [0.2, 0.25) is 0 Å². The summed E-state index contributed by atoms with van der Waals surface area (Å²) >= 11 is 0. The highest BCUT2D eigenvalue weighted by molar-refractivity contribution is 5.85. The van der Waals surface area contributed by atoms with Crippen molar-refractivity contribution >= 4 is 24.8 Å². The van der Waals surface area contributed by atoms with E-state index in [0.717, 1.165) is 43.2 Å². The van der Waals surface area contributed by atoms with E-state index in [4.69, 9.17) is 9.47 Å². The van der Waals surface area contributed by atoms with Crippen LogP contribution in [0.2, 0.25) is 0 Å². The van der Waals surface area contributed by atoms with E-state index in [2.05, 4.69) is 97.4 Å². The molecule has 190 valence electrons. The van der Waals surface area contributed by atoms with Gasteiger partial charge < -0.3 is 9.47 Å². The van der Waals surface area contributed by atoms with Crippen LogP contribution in [0.25, 0.3) is 0 Å². The molecular formula is C29H38Cl2N2O2. The molecule has 1 heterocycles. The molecule has 3 aromatic rings. The topological polar surface area (TPSA) is 24.9 Å². The van der Waals surface area contributed by atoms with E-state index in [1.807, 2.05) is 12.1 Å². The van der Waals surface area contributed by atoms with Gasteiger partial charge in [-0.3, -0.25) is 9.80 Å². The smallest absolute Gasteiger partial charge is 0.127 e. The number of hydrogen-bond acceptors (Lipinski definition) is 4. The van der Waals surface area contributed by atoms with Crippen LogP contribution in [-0.2, 0) is 6.54 Å². The molecule has 4 nitrogen and oxygen atoms in total. The molecule has 0 aromatic heterocycles. The summed E-state index contributed by atoms with van der Waals surface area (Å²) in [6.45, 7) is 7.97. The molecule has 1 saturated heterocycles. The summed E-state index contributed by atoms with van der Waals surface area (Å²) in [5.74, 6) is 2.12. The number of hydrogen-bond donors (Lipinski definition) is 0. The van der Waals surface area contributed by atoms with E-state index >= 15 is 0 Å². The Morgan fingerprint density at radius 1 is 0.800 bits per heavy atom. The SMILES string of the molecule is COc1cccc(OC(C)C)c1CN1CCN(C)C(C(c2ccccc2)c2ccccc2)C1.Cl.Cl. The molecule has 1 atom stereocenters. The molecule has 1 unspecified atom stereocenters. The third kappa shape index (κ3) is 7.14. The van der Waals surface area contributed by atoms with Crippen molar-refractivity contribution in [2.75, 3.05) is 33.8 Å². The standard InChI is InChI=1S/C29H36N2O2.2ClH/c1-22(2)33-28-17-11-16-27(32-4)25(28)20-31-19-18-30(3)26(21-31)29(23-12-7-5-8-13-23)24-14-9-6-10-15-24;;/h5-17,22,26,29H,18-21H2,1-4H3;2*1H. The zero-order valence-corrected chi connectivity index (χ0v) is 22.7. The summed E-state index contributed by atoms with van der Waals surface area (Å²) < 4.78 is 11.9. The predicted octanol–water partition coefficient (Wildman–Crippen LogP) is 6.27. The van der Waals surface area contributed by atoms with Gasteiger partial charge in [-0.15, -0.1) is 24.8 Å². The Labute approximate surface area is 223 Å². The van der Waals surface area contributed by atoms with Gasteiger partial charge in [0, 0.05) is 38.1 Å². The number of methoxy groups -OCH3 is 1. The first-order chi connectivity index (χ1) is 16.1. The lowest BCUT2D eigenvalue weighted by Gasteiger charge is -2.44. The molecule has 1 aliphatic heterocycles. The molecule has 6 heteroatoms. The first kappa shape index (κ1) is 29.0. The third-order valence-electron chi connectivity index (χ3n) is 6.54. The average Bonchev–Trinajstić information content (AvgIpc) is 2.83. The predicted molar refractivity (Wildman–Crippen MR) is 150 cm³/mol. The summed E-state index contributed by atoms with van der Waals surface area (Å²) in [4.78, 5) is 5.07. The highest BCUT2D eigenvalue weighted by Crippen LogP contribution is 2.35. The lowest BCUT2D eigenvalue weighted by atomic mass is 9.83. The van der Waals surface area contributed by atoms with Gasteiger partial charge in [-0.05, 0) is 44.2 Å². The van der Waals surface area contributed by atoms with Crippen molar-refractivity contribution in [3.8, 4) is 11.5 Å². The van der Waals surface area contributed by atoms with Crippen molar-refractivity contribution < 1.29 is 9.47 Å². The minimum atomic E-state index is 0. The van der Waals surface area contributed by atoms with Gasteiger partial charge in [-0.25, -0.2) is 0 Å². The normalized spacial score (nSPS) is 16.5. The van der Waals surface area contributed by atoms with Crippen molar-refractivity contribution in [3.63, 3.8) is 0 Å². The van der Waals surface area contributed by atoms with Crippen LogP contribution in [0, 0.1) is 0 Å². The summed E-state index contributed by atoms with van der Waals surface area (Å²) in [6, 6.07) is 28.3. The van der Waals surface area contributed by atoms with Gasteiger partial charge in [0.25, 0.3) is 0 Å². The second-order valence-corrected chi connectivity index (χ2v) is 9.19. The molecule has 3 aromatic carbocycles. The first-order valence-electron chi connectivity index (χ1n) is 11.9. The molecule has 4 rings (SSSR count). The van der Waals surface area contributed by atoms with E-state index in [1.54, 1.807) is 7.11 Å². The maximum absolute atomic E-state index is 6.15. The Hall–Kier alpha value is -2.24. The molecule has 0 spiro atoms. The number of halogens is 2. The van der Waals surface area contributed by atoms with Crippen LogP contribution < -0.4 is 9.47 Å². The van der Waals surface area contributed by atoms with Gasteiger partial charge in [0.1, 0.15) is 11.5 Å². The lowest BCUT2D eigenvalue weighted by Crippen LogP contribution is -2.53. The van der Waals surface area contributed by atoms with Gasteiger partial charge in [0.15, 0.2) is 0 Å². The van der Waals surface area contributed by atoms with Crippen molar-refractivity contribution in [1.29, 1.82) is 0 Å². The van der Waals surface area contributed by atoms with Crippen molar-refractivity contribution in [3.05, 3.63) is 95.6 Å². The minimum Gasteiger partial charge on any atom is -0.496 e. The molecule has 1 fully saturated rings. The quantitative estimate of drug-likeness (QED) is 0.352. The molecule has 35 heavy (non-hydrogen) atoms. The van der Waals surface area contributed by atoms with Gasteiger partial charge in [0.05, 0.1) is 18.8 Å². The number of ether oxygens (including phenoxy) is 2. The van der Waals surface area contributed by atoms with E-state index in [-0.39, 0.29) is 30.9 Å². The van der Waals surface area contributed by atoms with Crippen LogP contribution in [0.4, 0.5) is 0 Å². The zero-order valence-electron chi connectivity index (χ0n) is 21.1. The molecule has 0 N–H and O–H groups in total. The van der Waals surface area contributed by atoms with Crippen LogP contribution >= 0.6 is 24.8 Å². The Morgan fingerprint density at radius 3 is 1.91 bits per heavy atom. The summed E-state index contributed by atoms with van der Waals surface area (Å²) in [5.41, 5.74) is 3.86. The third-order valence-corrected chi connectivity index (χ3v) is 6.54. The Balaban J connectivity index is 0.00000216. The summed E-state index contributed by atoms with van der Waals surface area (Å²) in [7, 11) is 4.00. The second-order valence-electron chi connectivity index (χ2n) is 9.19. The number of rotatable bonds is 8. The molecule has 0 amide bonds. The minimum absolute atomic E-state index is 0.